The quantitative estimate of drug-likeness (QED) is 0.795. The highest BCUT2D eigenvalue weighted by molar-refractivity contribution is 6.29. The number of pyridine rings is 1. The van der Waals surface area contributed by atoms with Crippen LogP contribution in [0.2, 0.25) is 5.15 Å². The number of hydrogen-bond donors (Lipinski definition) is 1. The molecule has 0 radical (unpaired) electrons. The second-order valence-corrected chi connectivity index (χ2v) is 5.31. The normalized spacial score (nSPS) is 13.4. The zero-order valence-corrected chi connectivity index (χ0v) is 11.6. The topological polar surface area (TPSA) is 42.1 Å². The summed E-state index contributed by atoms with van der Waals surface area (Å²) in [6.45, 7) is 6.20. The molecule has 4 heteroatoms. The van der Waals surface area contributed by atoms with Gasteiger partial charge < -0.3 is 10.6 Å². The van der Waals surface area contributed by atoms with Crippen molar-refractivity contribution >= 4 is 11.6 Å². The average Bonchev–Trinajstić information content (AvgIpc) is 2.25. The lowest BCUT2D eigenvalue weighted by Gasteiger charge is -2.21. The summed E-state index contributed by atoms with van der Waals surface area (Å²) in [5, 5.41) is 0.551. The average molecular weight is 256 g/mol. The molecule has 1 aromatic rings. The fraction of sp³-hybridized carbons (Fsp3) is 0.615. The Morgan fingerprint density at radius 2 is 2.18 bits per heavy atom. The Labute approximate surface area is 109 Å². The van der Waals surface area contributed by atoms with E-state index >= 15 is 0 Å². The number of nitrogens with zero attached hydrogens (tertiary/aromatic N) is 2. The van der Waals surface area contributed by atoms with Gasteiger partial charge in [-0.25, -0.2) is 4.98 Å². The largest absolute Gasteiger partial charge is 0.327 e. The number of rotatable bonds is 6. The maximum absolute atomic E-state index is 6.02. The van der Waals surface area contributed by atoms with Crippen molar-refractivity contribution < 1.29 is 0 Å². The van der Waals surface area contributed by atoms with E-state index in [1.165, 1.54) is 5.56 Å². The molecule has 0 fully saturated rings. The van der Waals surface area contributed by atoms with Gasteiger partial charge in [0, 0.05) is 18.8 Å². The van der Waals surface area contributed by atoms with Crippen LogP contribution in [0.15, 0.2) is 18.3 Å². The first kappa shape index (κ1) is 14.4. The van der Waals surface area contributed by atoms with Gasteiger partial charge >= 0.3 is 0 Å². The first-order valence-electron chi connectivity index (χ1n) is 6.03. The maximum atomic E-state index is 6.02. The molecular formula is C13H22ClN3. The van der Waals surface area contributed by atoms with E-state index in [-0.39, 0.29) is 6.04 Å². The summed E-state index contributed by atoms with van der Waals surface area (Å²) in [5.74, 6) is 0.541. The molecule has 0 saturated carbocycles. The molecule has 1 aromatic heterocycles. The molecule has 0 saturated heterocycles. The fourth-order valence-corrected chi connectivity index (χ4v) is 1.83. The molecule has 1 rings (SSSR count). The van der Waals surface area contributed by atoms with E-state index in [4.69, 9.17) is 17.3 Å². The lowest BCUT2D eigenvalue weighted by molar-refractivity contribution is 0.296. The summed E-state index contributed by atoms with van der Waals surface area (Å²) >= 11 is 5.85. The Bertz CT molecular complexity index is 341. The van der Waals surface area contributed by atoms with Crippen molar-refractivity contribution in [2.24, 2.45) is 11.7 Å². The molecule has 2 N–H and O–H groups in total. The molecule has 3 nitrogen and oxygen atoms in total. The van der Waals surface area contributed by atoms with Crippen LogP contribution in [0.3, 0.4) is 0 Å². The third-order valence-corrected chi connectivity index (χ3v) is 3.15. The van der Waals surface area contributed by atoms with Gasteiger partial charge in [-0.15, -0.1) is 0 Å². The summed E-state index contributed by atoms with van der Waals surface area (Å²) in [5.41, 5.74) is 7.21. The van der Waals surface area contributed by atoms with Crippen LogP contribution in [0.1, 0.15) is 25.8 Å². The zero-order chi connectivity index (χ0) is 12.8. The molecule has 0 aliphatic carbocycles. The van der Waals surface area contributed by atoms with Gasteiger partial charge in [0.15, 0.2) is 0 Å². The highest BCUT2D eigenvalue weighted by Gasteiger charge is 2.09. The van der Waals surface area contributed by atoms with Crippen molar-refractivity contribution in [2.45, 2.75) is 32.9 Å². The third-order valence-electron chi connectivity index (χ3n) is 2.94. The van der Waals surface area contributed by atoms with Crippen LogP contribution < -0.4 is 5.73 Å². The van der Waals surface area contributed by atoms with E-state index in [0.29, 0.717) is 11.1 Å². The number of nitrogens with two attached hydrogens (primary N) is 1. The molecule has 1 heterocycles. The van der Waals surface area contributed by atoms with Crippen LogP contribution >= 0.6 is 11.6 Å². The van der Waals surface area contributed by atoms with E-state index in [1.807, 2.05) is 12.1 Å². The molecule has 0 aliphatic rings. The van der Waals surface area contributed by atoms with E-state index in [9.17, 15) is 0 Å². The Kier molecular flexibility index (Phi) is 5.89. The molecule has 96 valence electrons. The second kappa shape index (κ2) is 6.94. The van der Waals surface area contributed by atoms with Crippen LogP contribution in [-0.2, 0) is 6.54 Å². The van der Waals surface area contributed by atoms with E-state index < -0.39 is 0 Å². The van der Waals surface area contributed by atoms with Crippen molar-refractivity contribution in [1.29, 1.82) is 0 Å². The molecule has 0 bridgehead atoms. The van der Waals surface area contributed by atoms with Gasteiger partial charge in [-0.1, -0.05) is 25.4 Å². The first-order chi connectivity index (χ1) is 7.99. The van der Waals surface area contributed by atoms with E-state index in [1.54, 1.807) is 6.20 Å². The van der Waals surface area contributed by atoms with Crippen molar-refractivity contribution in [3.05, 3.63) is 29.0 Å². The van der Waals surface area contributed by atoms with Gasteiger partial charge in [-0.3, -0.25) is 0 Å². The molecule has 1 unspecified atom stereocenters. The van der Waals surface area contributed by atoms with E-state index in [2.05, 4.69) is 30.8 Å². The molecule has 1 atom stereocenters. The molecule has 0 amide bonds. The van der Waals surface area contributed by atoms with Gasteiger partial charge in [0.25, 0.3) is 0 Å². The molecule has 0 spiro atoms. The monoisotopic (exact) mass is 255 g/mol. The minimum atomic E-state index is 0.276. The number of hydrogen-bond acceptors (Lipinski definition) is 3. The Morgan fingerprint density at radius 3 is 2.76 bits per heavy atom. The highest BCUT2D eigenvalue weighted by atomic mass is 35.5. The molecular weight excluding hydrogens is 234 g/mol. The molecule has 17 heavy (non-hydrogen) atoms. The van der Waals surface area contributed by atoms with Gasteiger partial charge in [-0.2, -0.15) is 0 Å². The minimum Gasteiger partial charge on any atom is -0.327 e. The summed E-state index contributed by atoms with van der Waals surface area (Å²) in [4.78, 5) is 6.23. The minimum absolute atomic E-state index is 0.276. The third kappa shape index (κ3) is 5.48. The lowest BCUT2D eigenvalue weighted by atomic mass is 10.0. The van der Waals surface area contributed by atoms with Crippen molar-refractivity contribution in [3.8, 4) is 0 Å². The van der Waals surface area contributed by atoms with Gasteiger partial charge in [0.1, 0.15) is 5.15 Å². The van der Waals surface area contributed by atoms with Crippen molar-refractivity contribution in [1.82, 2.24) is 9.88 Å². The van der Waals surface area contributed by atoms with Crippen LogP contribution in [-0.4, -0.2) is 29.5 Å². The summed E-state index contributed by atoms with van der Waals surface area (Å²) in [6.07, 6.45) is 2.76. The highest BCUT2D eigenvalue weighted by Crippen LogP contribution is 2.10. The summed E-state index contributed by atoms with van der Waals surface area (Å²) in [7, 11) is 2.10. The first-order valence-corrected chi connectivity index (χ1v) is 6.41. The fourth-order valence-electron chi connectivity index (χ4n) is 1.63. The zero-order valence-electron chi connectivity index (χ0n) is 10.9. The van der Waals surface area contributed by atoms with Crippen molar-refractivity contribution in [2.75, 3.05) is 13.6 Å². The van der Waals surface area contributed by atoms with Crippen LogP contribution in [0.5, 0.6) is 0 Å². The van der Waals surface area contributed by atoms with Crippen molar-refractivity contribution in [3.63, 3.8) is 0 Å². The number of aromatic nitrogens is 1. The maximum Gasteiger partial charge on any atom is 0.129 e. The smallest absolute Gasteiger partial charge is 0.129 e. The number of halogens is 1. The molecule has 0 aliphatic heterocycles. The predicted octanol–water partition coefficient (Wildman–Crippen LogP) is 2.54. The standard InChI is InChI=1S/C13H22ClN3/c1-10(2)12(15)5-7-17(3)9-11-4-6-16-13(14)8-11/h4,6,8,10,12H,5,7,9,15H2,1-3H3. The SMILES string of the molecule is CC(C)C(N)CCN(C)Cc1ccnc(Cl)c1. The van der Waals surface area contributed by atoms with Gasteiger partial charge in [0.05, 0.1) is 0 Å². The van der Waals surface area contributed by atoms with Crippen LogP contribution in [0.4, 0.5) is 0 Å². The lowest BCUT2D eigenvalue weighted by Crippen LogP contribution is -2.31. The molecule has 0 aromatic carbocycles. The van der Waals surface area contributed by atoms with E-state index in [0.717, 1.165) is 19.5 Å². The van der Waals surface area contributed by atoms with Crippen LogP contribution in [0, 0.1) is 5.92 Å². The Hall–Kier alpha value is -0.640. The second-order valence-electron chi connectivity index (χ2n) is 4.92. The predicted molar refractivity (Wildman–Crippen MR) is 73.0 cm³/mol. The van der Waals surface area contributed by atoms with Gasteiger partial charge in [-0.05, 0) is 43.6 Å². The summed E-state index contributed by atoms with van der Waals surface area (Å²) in [6, 6.07) is 4.17. The Morgan fingerprint density at radius 1 is 1.47 bits per heavy atom. The Balaban J connectivity index is 2.37. The van der Waals surface area contributed by atoms with Crippen LogP contribution in [0.25, 0.3) is 0 Å². The van der Waals surface area contributed by atoms with Gasteiger partial charge in [0.2, 0.25) is 0 Å². The summed E-state index contributed by atoms with van der Waals surface area (Å²) < 4.78 is 0.